The van der Waals surface area contributed by atoms with Gasteiger partial charge in [0, 0.05) is 17.1 Å². The predicted molar refractivity (Wildman–Crippen MR) is 76.2 cm³/mol. The second kappa shape index (κ2) is 5.20. The largest absolute Gasteiger partial charge is 0.259 e. The van der Waals surface area contributed by atoms with E-state index in [0.717, 1.165) is 22.1 Å². The zero-order valence-corrected chi connectivity index (χ0v) is 12.0. The van der Waals surface area contributed by atoms with Crippen LogP contribution < -0.4 is 0 Å². The van der Waals surface area contributed by atoms with Crippen LogP contribution in [0.5, 0.6) is 0 Å². The standard InChI is InChI=1S/C14H13FN4S/c1-9-7-10(2)19-13(16-9)17-18-14(19)20-8-11-3-5-12(15)6-4-11/h3-7H,8H2,1-2H3. The highest BCUT2D eigenvalue weighted by atomic mass is 32.2. The first-order valence-electron chi connectivity index (χ1n) is 6.20. The molecule has 0 unspecified atom stereocenters. The summed E-state index contributed by atoms with van der Waals surface area (Å²) in [6.45, 7) is 3.94. The van der Waals surface area contributed by atoms with Crippen molar-refractivity contribution in [1.29, 1.82) is 0 Å². The van der Waals surface area contributed by atoms with Crippen LogP contribution >= 0.6 is 11.8 Å². The second-order valence-electron chi connectivity index (χ2n) is 4.57. The third kappa shape index (κ3) is 2.51. The van der Waals surface area contributed by atoms with Gasteiger partial charge in [0.2, 0.25) is 0 Å². The van der Waals surface area contributed by atoms with Crippen LogP contribution in [0.25, 0.3) is 5.78 Å². The highest BCUT2D eigenvalue weighted by Crippen LogP contribution is 2.22. The number of halogens is 1. The van der Waals surface area contributed by atoms with Crippen molar-refractivity contribution in [2.75, 3.05) is 0 Å². The fourth-order valence-corrected chi connectivity index (χ4v) is 2.96. The van der Waals surface area contributed by atoms with Crippen LogP contribution in [-0.2, 0) is 5.75 Å². The Kier molecular flexibility index (Phi) is 3.40. The van der Waals surface area contributed by atoms with Gasteiger partial charge in [0.05, 0.1) is 0 Å². The normalized spacial score (nSPS) is 11.2. The summed E-state index contributed by atoms with van der Waals surface area (Å²) in [5.74, 6) is 1.11. The Bertz CT molecular complexity index is 752. The lowest BCUT2D eigenvalue weighted by Gasteiger charge is -2.04. The van der Waals surface area contributed by atoms with Crippen LogP contribution in [-0.4, -0.2) is 19.6 Å². The molecular weight excluding hydrogens is 275 g/mol. The molecule has 0 aliphatic rings. The molecule has 0 spiro atoms. The van der Waals surface area contributed by atoms with Crippen LogP contribution in [0, 0.1) is 19.7 Å². The number of rotatable bonds is 3. The first kappa shape index (κ1) is 13.1. The lowest BCUT2D eigenvalue weighted by atomic mass is 10.2. The monoisotopic (exact) mass is 288 g/mol. The quantitative estimate of drug-likeness (QED) is 0.694. The van der Waals surface area contributed by atoms with E-state index in [1.807, 2.05) is 24.3 Å². The Morgan fingerprint density at radius 2 is 1.90 bits per heavy atom. The van der Waals surface area contributed by atoms with Gasteiger partial charge >= 0.3 is 0 Å². The molecule has 2 heterocycles. The summed E-state index contributed by atoms with van der Waals surface area (Å²) in [5.41, 5.74) is 3.03. The fourth-order valence-electron chi connectivity index (χ4n) is 2.02. The van der Waals surface area contributed by atoms with E-state index in [1.54, 1.807) is 23.9 Å². The molecule has 0 aliphatic carbocycles. The van der Waals surface area contributed by atoms with Crippen molar-refractivity contribution < 1.29 is 4.39 Å². The molecule has 0 amide bonds. The summed E-state index contributed by atoms with van der Waals surface area (Å²) in [5, 5.41) is 9.06. The molecule has 1 aromatic carbocycles. The van der Waals surface area contributed by atoms with E-state index >= 15 is 0 Å². The van der Waals surface area contributed by atoms with Gasteiger partial charge in [0.25, 0.3) is 5.78 Å². The van der Waals surface area contributed by atoms with Crippen LogP contribution in [0.15, 0.2) is 35.5 Å². The Morgan fingerprint density at radius 1 is 1.15 bits per heavy atom. The smallest absolute Gasteiger partial charge is 0.256 e. The van der Waals surface area contributed by atoms with E-state index < -0.39 is 0 Å². The minimum absolute atomic E-state index is 0.220. The average Bonchev–Trinajstić information content (AvgIpc) is 2.81. The second-order valence-corrected chi connectivity index (χ2v) is 5.51. The molecule has 3 aromatic rings. The first-order valence-corrected chi connectivity index (χ1v) is 7.18. The van der Waals surface area contributed by atoms with Gasteiger partial charge in [0.1, 0.15) is 5.82 Å². The van der Waals surface area contributed by atoms with Crippen molar-refractivity contribution in [1.82, 2.24) is 19.6 Å². The Morgan fingerprint density at radius 3 is 2.65 bits per heavy atom. The summed E-state index contributed by atoms with van der Waals surface area (Å²) in [6.07, 6.45) is 0. The van der Waals surface area contributed by atoms with Gasteiger partial charge in [-0.2, -0.15) is 0 Å². The van der Waals surface area contributed by atoms with Crippen molar-refractivity contribution in [3.63, 3.8) is 0 Å². The molecule has 0 fully saturated rings. The Balaban J connectivity index is 1.86. The van der Waals surface area contributed by atoms with Crippen molar-refractivity contribution in [2.24, 2.45) is 0 Å². The topological polar surface area (TPSA) is 43.1 Å². The fraction of sp³-hybridized carbons (Fsp3) is 0.214. The molecule has 3 rings (SSSR count). The number of aryl methyl sites for hydroxylation is 2. The van der Waals surface area contributed by atoms with E-state index in [2.05, 4.69) is 15.2 Å². The lowest BCUT2D eigenvalue weighted by Crippen LogP contribution is -1.97. The van der Waals surface area contributed by atoms with Crippen LogP contribution in [0.3, 0.4) is 0 Å². The highest BCUT2D eigenvalue weighted by Gasteiger charge is 2.10. The van der Waals surface area contributed by atoms with Crippen LogP contribution in [0.2, 0.25) is 0 Å². The van der Waals surface area contributed by atoms with Crippen LogP contribution in [0.4, 0.5) is 4.39 Å². The molecule has 0 saturated heterocycles. The minimum atomic E-state index is -0.220. The van der Waals surface area contributed by atoms with Crippen molar-refractivity contribution in [2.45, 2.75) is 24.8 Å². The number of thioether (sulfide) groups is 1. The number of fused-ring (bicyclic) bond motifs is 1. The predicted octanol–water partition coefficient (Wildman–Crippen LogP) is 3.17. The number of hydrogen-bond donors (Lipinski definition) is 0. The summed E-state index contributed by atoms with van der Waals surface area (Å²) in [6, 6.07) is 8.49. The molecule has 0 N–H and O–H groups in total. The van der Waals surface area contributed by atoms with Gasteiger partial charge in [-0.1, -0.05) is 23.9 Å². The van der Waals surface area contributed by atoms with E-state index in [9.17, 15) is 4.39 Å². The SMILES string of the molecule is Cc1cc(C)n2c(SCc3ccc(F)cc3)nnc2n1. The number of hydrogen-bond acceptors (Lipinski definition) is 4. The average molecular weight is 288 g/mol. The molecule has 6 heteroatoms. The summed E-state index contributed by atoms with van der Waals surface area (Å²) in [4.78, 5) is 4.35. The molecule has 2 aromatic heterocycles. The highest BCUT2D eigenvalue weighted by molar-refractivity contribution is 7.98. The molecule has 4 nitrogen and oxygen atoms in total. The van der Waals surface area contributed by atoms with E-state index in [1.165, 1.54) is 12.1 Å². The molecule has 0 radical (unpaired) electrons. The number of aromatic nitrogens is 4. The zero-order chi connectivity index (χ0) is 14.1. The van der Waals surface area contributed by atoms with Crippen LogP contribution in [0.1, 0.15) is 17.0 Å². The molecule has 0 bridgehead atoms. The third-order valence-electron chi connectivity index (χ3n) is 2.94. The molecule has 20 heavy (non-hydrogen) atoms. The molecule has 0 saturated carbocycles. The van der Waals surface area contributed by atoms with E-state index in [4.69, 9.17) is 0 Å². The molecule has 102 valence electrons. The van der Waals surface area contributed by atoms with Gasteiger partial charge in [-0.05, 0) is 37.6 Å². The van der Waals surface area contributed by atoms with Crippen molar-refractivity contribution in [3.05, 3.63) is 53.1 Å². The summed E-state index contributed by atoms with van der Waals surface area (Å²) < 4.78 is 14.8. The maximum absolute atomic E-state index is 12.9. The Labute approximate surface area is 120 Å². The van der Waals surface area contributed by atoms with E-state index in [-0.39, 0.29) is 5.82 Å². The lowest BCUT2D eigenvalue weighted by molar-refractivity contribution is 0.627. The third-order valence-corrected chi connectivity index (χ3v) is 3.94. The first-order chi connectivity index (χ1) is 9.63. The molecule has 0 atom stereocenters. The van der Waals surface area contributed by atoms with E-state index in [0.29, 0.717) is 11.5 Å². The van der Waals surface area contributed by atoms with Gasteiger partial charge < -0.3 is 0 Å². The van der Waals surface area contributed by atoms with Gasteiger partial charge in [-0.15, -0.1) is 10.2 Å². The van der Waals surface area contributed by atoms with Crippen molar-refractivity contribution >= 4 is 17.5 Å². The molecular formula is C14H13FN4S. The van der Waals surface area contributed by atoms with Gasteiger partial charge in [-0.25, -0.2) is 9.37 Å². The minimum Gasteiger partial charge on any atom is -0.259 e. The summed E-state index contributed by atoms with van der Waals surface area (Å²) in [7, 11) is 0. The summed E-state index contributed by atoms with van der Waals surface area (Å²) >= 11 is 1.56. The van der Waals surface area contributed by atoms with Gasteiger partial charge in [-0.3, -0.25) is 4.40 Å². The van der Waals surface area contributed by atoms with Crippen molar-refractivity contribution in [3.8, 4) is 0 Å². The molecule has 0 aliphatic heterocycles. The maximum Gasteiger partial charge on any atom is 0.256 e. The zero-order valence-electron chi connectivity index (χ0n) is 11.2. The number of nitrogens with zero attached hydrogens (tertiary/aromatic N) is 4. The number of benzene rings is 1. The Hall–Kier alpha value is -1.95. The maximum atomic E-state index is 12.9. The van der Waals surface area contributed by atoms with Gasteiger partial charge in [0.15, 0.2) is 5.16 Å².